The van der Waals surface area contributed by atoms with Gasteiger partial charge in [0.2, 0.25) is 0 Å². The predicted molar refractivity (Wildman–Crippen MR) is 99.2 cm³/mol. The van der Waals surface area contributed by atoms with Gasteiger partial charge in [-0.05, 0) is 42.0 Å². The molecule has 0 aliphatic heterocycles. The lowest BCUT2D eigenvalue weighted by molar-refractivity contribution is 0.185. The van der Waals surface area contributed by atoms with E-state index in [2.05, 4.69) is 34.2 Å². The minimum absolute atomic E-state index is 0.127. The molecule has 0 radical (unpaired) electrons. The highest BCUT2D eigenvalue weighted by atomic mass is 16.5. The number of benzene rings is 1. The Hall–Kier alpha value is -2.89. The van der Waals surface area contributed by atoms with E-state index in [1.807, 2.05) is 23.7 Å². The summed E-state index contributed by atoms with van der Waals surface area (Å²) in [7, 11) is 3.57. The van der Waals surface area contributed by atoms with E-state index in [0.717, 1.165) is 24.2 Å². The number of H-pyrrole nitrogens is 1. The van der Waals surface area contributed by atoms with E-state index in [0.29, 0.717) is 17.2 Å². The third-order valence-corrected chi connectivity index (χ3v) is 5.37. The molecule has 6 nitrogen and oxygen atoms in total. The van der Waals surface area contributed by atoms with Crippen molar-refractivity contribution in [2.24, 2.45) is 13.0 Å². The molecule has 1 aromatic carbocycles. The molecule has 1 aliphatic carbocycles. The Labute approximate surface area is 151 Å². The van der Waals surface area contributed by atoms with Gasteiger partial charge in [-0.25, -0.2) is 0 Å². The topological polar surface area (TPSA) is 72.8 Å². The maximum Gasteiger partial charge on any atom is 0.256 e. The van der Waals surface area contributed by atoms with Crippen molar-refractivity contribution in [2.75, 3.05) is 7.11 Å². The van der Waals surface area contributed by atoms with Crippen LogP contribution in [0.4, 0.5) is 0 Å². The van der Waals surface area contributed by atoms with Gasteiger partial charge in [-0.3, -0.25) is 4.79 Å². The molecule has 134 valence electrons. The molecule has 0 unspecified atom stereocenters. The molecule has 0 saturated heterocycles. The van der Waals surface area contributed by atoms with Crippen molar-refractivity contribution in [3.05, 3.63) is 64.6 Å². The maximum absolute atomic E-state index is 12.3. The zero-order valence-electron chi connectivity index (χ0n) is 15.2. The summed E-state index contributed by atoms with van der Waals surface area (Å²) in [6.45, 7) is 2.26. The number of ether oxygens (including phenoxy) is 1. The predicted octanol–water partition coefficient (Wildman–Crippen LogP) is 2.90. The second-order valence-electron chi connectivity index (χ2n) is 7.22. The standard InChI is InChI=1S/C20H22N4O2/c1-13-9-20(10-13,19-23-22-12-24(19)2)15-6-4-5-14(7-15)17-8-16(26-3)11-21-18(17)25/h4-8,11-13H,9-10H2,1-3H3,(H,21,25). The first-order valence-corrected chi connectivity index (χ1v) is 8.75. The highest BCUT2D eigenvalue weighted by Crippen LogP contribution is 2.51. The fraction of sp³-hybridized carbons (Fsp3) is 0.350. The first-order chi connectivity index (χ1) is 12.5. The fourth-order valence-electron chi connectivity index (χ4n) is 4.17. The molecule has 1 saturated carbocycles. The lowest BCUT2D eigenvalue weighted by Gasteiger charge is -2.46. The third-order valence-electron chi connectivity index (χ3n) is 5.37. The molecule has 4 rings (SSSR count). The van der Waals surface area contributed by atoms with Crippen molar-refractivity contribution >= 4 is 0 Å². The zero-order valence-corrected chi connectivity index (χ0v) is 15.2. The number of hydrogen-bond donors (Lipinski definition) is 1. The second-order valence-corrected chi connectivity index (χ2v) is 7.22. The zero-order chi connectivity index (χ0) is 18.3. The lowest BCUT2D eigenvalue weighted by atomic mass is 9.58. The SMILES string of the molecule is COc1c[nH]c(=O)c(-c2cccc(C3(c4nncn4C)CC(C)C3)c2)c1. The molecule has 6 heteroatoms. The monoisotopic (exact) mass is 350 g/mol. The second kappa shape index (κ2) is 6.12. The van der Waals surface area contributed by atoms with Gasteiger partial charge >= 0.3 is 0 Å². The van der Waals surface area contributed by atoms with Crippen LogP contribution in [0.5, 0.6) is 5.75 Å². The van der Waals surface area contributed by atoms with Crippen LogP contribution in [0.3, 0.4) is 0 Å². The van der Waals surface area contributed by atoms with Crippen LogP contribution in [0.2, 0.25) is 0 Å². The van der Waals surface area contributed by atoms with E-state index in [1.54, 1.807) is 25.7 Å². The van der Waals surface area contributed by atoms with E-state index >= 15 is 0 Å². The average molecular weight is 350 g/mol. The van der Waals surface area contributed by atoms with Crippen molar-refractivity contribution in [3.63, 3.8) is 0 Å². The van der Waals surface area contributed by atoms with Crippen molar-refractivity contribution in [3.8, 4) is 16.9 Å². The van der Waals surface area contributed by atoms with Gasteiger partial charge in [0.05, 0.1) is 18.1 Å². The van der Waals surface area contributed by atoms with Crippen LogP contribution in [-0.2, 0) is 12.5 Å². The number of pyridine rings is 1. The van der Waals surface area contributed by atoms with E-state index in [1.165, 1.54) is 5.56 Å². The Morgan fingerprint density at radius 1 is 1.31 bits per heavy atom. The van der Waals surface area contributed by atoms with Gasteiger partial charge in [0, 0.05) is 13.2 Å². The highest BCUT2D eigenvalue weighted by molar-refractivity contribution is 5.65. The van der Waals surface area contributed by atoms with Crippen molar-refractivity contribution in [2.45, 2.75) is 25.2 Å². The molecule has 0 atom stereocenters. The molecular formula is C20H22N4O2. The molecule has 0 bridgehead atoms. The summed E-state index contributed by atoms with van der Waals surface area (Å²) in [5.41, 5.74) is 2.38. The van der Waals surface area contributed by atoms with E-state index < -0.39 is 0 Å². The Kier molecular flexibility index (Phi) is 3.90. The lowest BCUT2D eigenvalue weighted by Crippen LogP contribution is -2.43. The Balaban J connectivity index is 1.83. The molecule has 0 amide bonds. The number of methoxy groups -OCH3 is 1. The largest absolute Gasteiger partial charge is 0.495 e. The molecule has 2 heterocycles. The van der Waals surface area contributed by atoms with E-state index in [-0.39, 0.29) is 11.0 Å². The van der Waals surface area contributed by atoms with E-state index in [4.69, 9.17) is 4.74 Å². The summed E-state index contributed by atoms with van der Waals surface area (Å²) in [5, 5.41) is 8.47. The number of aryl methyl sites for hydroxylation is 1. The van der Waals surface area contributed by atoms with Crippen LogP contribution < -0.4 is 10.3 Å². The number of hydrogen-bond acceptors (Lipinski definition) is 4. The Morgan fingerprint density at radius 3 is 2.77 bits per heavy atom. The minimum Gasteiger partial charge on any atom is -0.495 e. The number of nitrogens with zero attached hydrogens (tertiary/aromatic N) is 3. The number of aromatic nitrogens is 4. The van der Waals surface area contributed by atoms with Gasteiger partial charge in [-0.15, -0.1) is 10.2 Å². The average Bonchev–Trinajstić information content (AvgIpc) is 3.05. The smallest absolute Gasteiger partial charge is 0.256 e. The fourth-order valence-corrected chi connectivity index (χ4v) is 4.17. The maximum atomic E-state index is 12.3. The van der Waals surface area contributed by atoms with Crippen molar-refractivity contribution < 1.29 is 4.74 Å². The Morgan fingerprint density at radius 2 is 2.12 bits per heavy atom. The van der Waals surface area contributed by atoms with Crippen molar-refractivity contribution in [1.82, 2.24) is 19.7 Å². The van der Waals surface area contributed by atoms with Gasteiger partial charge in [-0.2, -0.15) is 0 Å². The summed E-state index contributed by atoms with van der Waals surface area (Å²) < 4.78 is 7.26. The first-order valence-electron chi connectivity index (χ1n) is 8.75. The third kappa shape index (κ3) is 2.53. The summed E-state index contributed by atoms with van der Waals surface area (Å²) in [5.74, 6) is 2.24. The number of aromatic amines is 1. The first kappa shape index (κ1) is 16.6. The van der Waals surface area contributed by atoms with Crippen LogP contribution in [-0.4, -0.2) is 26.9 Å². The normalized spacial score (nSPS) is 22.0. The van der Waals surface area contributed by atoms with Gasteiger partial charge in [-0.1, -0.05) is 25.1 Å². The summed E-state index contributed by atoms with van der Waals surface area (Å²) in [6.07, 6.45) is 5.37. The van der Waals surface area contributed by atoms with Gasteiger partial charge < -0.3 is 14.3 Å². The minimum atomic E-state index is -0.147. The highest BCUT2D eigenvalue weighted by Gasteiger charge is 2.48. The van der Waals surface area contributed by atoms with Crippen molar-refractivity contribution in [1.29, 1.82) is 0 Å². The molecular weight excluding hydrogens is 328 g/mol. The summed E-state index contributed by atoms with van der Waals surface area (Å²) >= 11 is 0. The molecule has 1 aliphatic rings. The number of nitrogens with one attached hydrogen (secondary N) is 1. The molecule has 2 aromatic heterocycles. The van der Waals surface area contributed by atoms with Gasteiger partial charge in [0.15, 0.2) is 0 Å². The van der Waals surface area contributed by atoms with Crippen LogP contribution in [0.15, 0.2) is 47.7 Å². The summed E-state index contributed by atoms with van der Waals surface area (Å²) in [4.78, 5) is 15.1. The Bertz CT molecular complexity index is 999. The van der Waals surface area contributed by atoms with Gasteiger partial charge in [0.25, 0.3) is 5.56 Å². The molecule has 3 aromatic rings. The van der Waals surface area contributed by atoms with Crippen LogP contribution >= 0.6 is 0 Å². The molecule has 0 spiro atoms. The van der Waals surface area contributed by atoms with E-state index in [9.17, 15) is 4.79 Å². The molecule has 26 heavy (non-hydrogen) atoms. The van der Waals surface area contributed by atoms with Crippen LogP contribution in [0, 0.1) is 5.92 Å². The summed E-state index contributed by atoms with van der Waals surface area (Å²) in [6, 6.07) is 9.96. The van der Waals surface area contributed by atoms with Crippen LogP contribution in [0.1, 0.15) is 31.2 Å². The quantitative estimate of drug-likeness (QED) is 0.785. The number of rotatable bonds is 4. The van der Waals surface area contributed by atoms with Crippen LogP contribution in [0.25, 0.3) is 11.1 Å². The molecule has 1 fully saturated rings. The van der Waals surface area contributed by atoms with Gasteiger partial charge in [0.1, 0.15) is 17.9 Å². The molecule has 1 N–H and O–H groups in total.